The summed E-state index contributed by atoms with van der Waals surface area (Å²) in [5, 5.41) is 11.8. The first-order valence-corrected chi connectivity index (χ1v) is 7.36. The highest BCUT2D eigenvalue weighted by atomic mass is 16.4. The molecule has 0 radical (unpaired) electrons. The second-order valence-corrected chi connectivity index (χ2v) is 5.79. The molecule has 1 aliphatic heterocycles. The van der Waals surface area contributed by atoms with Gasteiger partial charge in [-0.3, -0.25) is 0 Å². The van der Waals surface area contributed by atoms with Gasteiger partial charge in [-0.05, 0) is 50.3 Å². The summed E-state index contributed by atoms with van der Waals surface area (Å²) < 4.78 is 0. The Morgan fingerprint density at radius 2 is 1.76 bits per heavy atom. The number of aromatic carboxylic acids is 1. The first-order valence-electron chi connectivity index (χ1n) is 7.36. The SMILES string of the molecule is CC(C)NC(=O)N1CCC(c2ccc(C(=O)O)cc2)CC1. The Morgan fingerprint density at radius 1 is 1.19 bits per heavy atom. The summed E-state index contributed by atoms with van der Waals surface area (Å²) in [7, 11) is 0. The third-order valence-electron chi connectivity index (χ3n) is 3.82. The fourth-order valence-corrected chi connectivity index (χ4v) is 2.65. The molecule has 0 unspecified atom stereocenters. The Labute approximate surface area is 125 Å². The number of carboxylic acid groups (broad SMARTS) is 1. The van der Waals surface area contributed by atoms with E-state index < -0.39 is 5.97 Å². The van der Waals surface area contributed by atoms with Gasteiger partial charge in [0, 0.05) is 19.1 Å². The molecule has 2 rings (SSSR count). The highest BCUT2D eigenvalue weighted by Crippen LogP contribution is 2.28. The summed E-state index contributed by atoms with van der Waals surface area (Å²) in [5.41, 5.74) is 1.47. The van der Waals surface area contributed by atoms with Crippen molar-refractivity contribution in [3.05, 3.63) is 35.4 Å². The van der Waals surface area contributed by atoms with Gasteiger partial charge in [0.1, 0.15) is 0 Å². The molecule has 21 heavy (non-hydrogen) atoms. The van der Waals surface area contributed by atoms with Crippen molar-refractivity contribution in [1.82, 2.24) is 10.2 Å². The molecule has 2 amide bonds. The molecule has 1 saturated heterocycles. The topological polar surface area (TPSA) is 69.6 Å². The van der Waals surface area contributed by atoms with Crippen LogP contribution in [-0.4, -0.2) is 41.1 Å². The van der Waals surface area contributed by atoms with Crippen LogP contribution in [0.25, 0.3) is 0 Å². The Balaban J connectivity index is 1.91. The van der Waals surface area contributed by atoms with Crippen molar-refractivity contribution in [3.63, 3.8) is 0 Å². The number of piperidine rings is 1. The van der Waals surface area contributed by atoms with Crippen LogP contribution in [0.15, 0.2) is 24.3 Å². The smallest absolute Gasteiger partial charge is 0.335 e. The second-order valence-electron chi connectivity index (χ2n) is 5.79. The number of rotatable bonds is 3. The number of hydrogen-bond acceptors (Lipinski definition) is 2. The van der Waals surface area contributed by atoms with E-state index in [1.165, 1.54) is 0 Å². The molecule has 1 aromatic carbocycles. The van der Waals surface area contributed by atoms with E-state index >= 15 is 0 Å². The zero-order valence-corrected chi connectivity index (χ0v) is 12.5. The van der Waals surface area contributed by atoms with Crippen molar-refractivity contribution in [1.29, 1.82) is 0 Å². The molecule has 0 aliphatic carbocycles. The molecule has 1 aromatic rings. The van der Waals surface area contributed by atoms with Gasteiger partial charge in [0.15, 0.2) is 0 Å². The average molecular weight is 290 g/mol. The van der Waals surface area contributed by atoms with Crippen molar-refractivity contribution < 1.29 is 14.7 Å². The number of carbonyl (C=O) groups excluding carboxylic acids is 1. The van der Waals surface area contributed by atoms with Crippen LogP contribution in [0.3, 0.4) is 0 Å². The lowest BCUT2D eigenvalue weighted by molar-refractivity contribution is 0.0696. The Kier molecular flexibility index (Phi) is 4.83. The summed E-state index contributed by atoms with van der Waals surface area (Å²) in [4.78, 5) is 24.6. The minimum Gasteiger partial charge on any atom is -0.478 e. The summed E-state index contributed by atoms with van der Waals surface area (Å²) >= 11 is 0. The number of likely N-dealkylation sites (tertiary alicyclic amines) is 1. The van der Waals surface area contributed by atoms with Crippen molar-refractivity contribution in [2.75, 3.05) is 13.1 Å². The summed E-state index contributed by atoms with van der Waals surface area (Å²) in [5.74, 6) is -0.502. The van der Waals surface area contributed by atoms with Gasteiger partial charge < -0.3 is 15.3 Å². The van der Waals surface area contributed by atoms with Crippen molar-refractivity contribution >= 4 is 12.0 Å². The highest BCUT2D eigenvalue weighted by molar-refractivity contribution is 5.87. The minimum absolute atomic E-state index is 0.00433. The first kappa shape index (κ1) is 15.4. The monoisotopic (exact) mass is 290 g/mol. The van der Waals surface area contributed by atoms with Crippen molar-refractivity contribution in [2.45, 2.75) is 38.6 Å². The van der Waals surface area contributed by atoms with E-state index in [0.29, 0.717) is 11.5 Å². The number of amides is 2. The number of carbonyl (C=O) groups is 2. The zero-order valence-electron chi connectivity index (χ0n) is 12.5. The van der Waals surface area contributed by atoms with Crippen LogP contribution in [0.4, 0.5) is 4.79 Å². The van der Waals surface area contributed by atoms with E-state index in [0.717, 1.165) is 31.5 Å². The van der Waals surface area contributed by atoms with Gasteiger partial charge in [0.05, 0.1) is 5.56 Å². The van der Waals surface area contributed by atoms with Crippen LogP contribution in [-0.2, 0) is 0 Å². The van der Waals surface area contributed by atoms with Gasteiger partial charge in [-0.2, -0.15) is 0 Å². The maximum absolute atomic E-state index is 11.9. The number of urea groups is 1. The predicted molar refractivity (Wildman–Crippen MR) is 80.6 cm³/mol. The first-order chi connectivity index (χ1) is 9.97. The summed E-state index contributed by atoms with van der Waals surface area (Å²) in [6.45, 7) is 5.39. The molecule has 5 nitrogen and oxygen atoms in total. The van der Waals surface area contributed by atoms with Crippen LogP contribution in [0.2, 0.25) is 0 Å². The molecule has 1 aliphatic rings. The van der Waals surface area contributed by atoms with E-state index in [1.54, 1.807) is 12.1 Å². The molecule has 0 atom stereocenters. The Hall–Kier alpha value is -2.04. The van der Waals surface area contributed by atoms with E-state index in [4.69, 9.17) is 5.11 Å². The van der Waals surface area contributed by atoms with Crippen molar-refractivity contribution in [3.8, 4) is 0 Å². The third kappa shape index (κ3) is 3.97. The van der Waals surface area contributed by atoms with E-state index in [9.17, 15) is 9.59 Å². The lowest BCUT2D eigenvalue weighted by atomic mass is 9.89. The lowest BCUT2D eigenvalue weighted by Crippen LogP contribution is -2.46. The average Bonchev–Trinajstić information content (AvgIpc) is 2.47. The standard InChI is InChI=1S/C16H22N2O3/c1-11(2)17-16(21)18-9-7-13(8-10-18)12-3-5-14(6-4-12)15(19)20/h3-6,11,13H,7-10H2,1-2H3,(H,17,21)(H,19,20). The molecule has 114 valence electrons. The van der Waals surface area contributed by atoms with E-state index in [-0.39, 0.29) is 12.1 Å². The van der Waals surface area contributed by atoms with Crippen LogP contribution >= 0.6 is 0 Å². The van der Waals surface area contributed by atoms with E-state index in [1.807, 2.05) is 30.9 Å². The summed E-state index contributed by atoms with van der Waals surface area (Å²) in [6.07, 6.45) is 1.83. The van der Waals surface area contributed by atoms with Gasteiger partial charge in [0.25, 0.3) is 0 Å². The molecule has 1 fully saturated rings. The van der Waals surface area contributed by atoms with Gasteiger partial charge in [-0.1, -0.05) is 12.1 Å². The quantitative estimate of drug-likeness (QED) is 0.899. The summed E-state index contributed by atoms with van der Waals surface area (Å²) in [6, 6.07) is 7.23. The van der Waals surface area contributed by atoms with Crippen molar-refractivity contribution in [2.24, 2.45) is 0 Å². The normalized spacial score (nSPS) is 16.0. The van der Waals surface area contributed by atoms with Crippen LogP contribution in [0.1, 0.15) is 48.5 Å². The maximum Gasteiger partial charge on any atom is 0.335 e. The predicted octanol–water partition coefficient (Wildman–Crippen LogP) is 2.68. The number of carboxylic acids is 1. The third-order valence-corrected chi connectivity index (χ3v) is 3.82. The largest absolute Gasteiger partial charge is 0.478 e. The number of hydrogen-bond donors (Lipinski definition) is 2. The van der Waals surface area contributed by atoms with E-state index in [2.05, 4.69) is 5.32 Å². The highest BCUT2D eigenvalue weighted by Gasteiger charge is 2.24. The second kappa shape index (κ2) is 6.61. The van der Waals surface area contributed by atoms with Gasteiger partial charge in [-0.15, -0.1) is 0 Å². The molecule has 0 aromatic heterocycles. The number of nitrogens with zero attached hydrogens (tertiary/aromatic N) is 1. The molecular formula is C16H22N2O3. The molecule has 0 spiro atoms. The molecule has 1 heterocycles. The van der Waals surface area contributed by atoms with Gasteiger partial charge >= 0.3 is 12.0 Å². The van der Waals surface area contributed by atoms with Crippen LogP contribution in [0, 0.1) is 0 Å². The Bertz CT molecular complexity index is 503. The van der Waals surface area contributed by atoms with Crippen LogP contribution in [0.5, 0.6) is 0 Å². The molecule has 2 N–H and O–H groups in total. The van der Waals surface area contributed by atoms with Gasteiger partial charge in [-0.25, -0.2) is 9.59 Å². The van der Waals surface area contributed by atoms with Gasteiger partial charge in [0.2, 0.25) is 0 Å². The van der Waals surface area contributed by atoms with Crippen LogP contribution < -0.4 is 5.32 Å². The zero-order chi connectivity index (χ0) is 15.4. The minimum atomic E-state index is -0.901. The molecular weight excluding hydrogens is 268 g/mol. The number of benzene rings is 1. The fourth-order valence-electron chi connectivity index (χ4n) is 2.65. The molecule has 0 saturated carbocycles. The fraction of sp³-hybridized carbons (Fsp3) is 0.500. The Morgan fingerprint density at radius 3 is 2.24 bits per heavy atom. The molecule has 5 heteroatoms. The number of nitrogens with one attached hydrogen (secondary N) is 1. The molecule has 0 bridgehead atoms. The lowest BCUT2D eigenvalue weighted by Gasteiger charge is -2.32. The maximum atomic E-state index is 11.9.